The lowest BCUT2D eigenvalue weighted by atomic mass is 10.1. The molecule has 0 aliphatic heterocycles. The van der Waals surface area contributed by atoms with Gasteiger partial charge in [-0.2, -0.15) is 16.8 Å². The first-order valence-electron chi connectivity index (χ1n) is 7.66. The minimum atomic E-state index is -4.58. The molecule has 0 radical (unpaired) electrons. The Bertz CT molecular complexity index is 1260. The van der Waals surface area contributed by atoms with Gasteiger partial charge in [-0.05, 0) is 41.5 Å². The van der Waals surface area contributed by atoms with E-state index < -0.39 is 25.1 Å². The molecule has 3 rings (SSSR count). The number of hydrogen-bond donors (Lipinski definition) is 2. The summed E-state index contributed by atoms with van der Waals surface area (Å²) < 4.78 is 70.8. The zero-order valence-corrected chi connectivity index (χ0v) is 16.4. The van der Waals surface area contributed by atoms with Crippen LogP contribution in [0.3, 0.4) is 0 Å². The van der Waals surface area contributed by atoms with Gasteiger partial charge in [-0.3, -0.25) is 9.11 Å². The molecular formula is C18H13ClO7S2. The molecule has 0 spiro atoms. The average molecular weight is 441 g/mol. The molecule has 2 aromatic carbocycles. The standard InChI is InChI=1S/C18H13ClO7S2/c19-15-8-7-13(18(11-15)28(23,24)25)4-3-12-5-6-14(16-2-1-9-26-16)10-17(12)27(20,21)22/h1-11H,(H,20,21,22)(H,23,24,25). The molecule has 1 heterocycles. The number of halogens is 1. The summed E-state index contributed by atoms with van der Waals surface area (Å²) in [5.41, 5.74) is 0.622. The fourth-order valence-corrected chi connectivity index (χ4v) is 4.20. The Kier molecular flexibility index (Phi) is 5.46. The van der Waals surface area contributed by atoms with E-state index in [-0.39, 0.29) is 21.0 Å². The van der Waals surface area contributed by atoms with Crippen molar-refractivity contribution < 1.29 is 30.4 Å². The van der Waals surface area contributed by atoms with E-state index in [9.17, 15) is 25.9 Å². The van der Waals surface area contributed by atoms with Crippen molar-refractivity contribution in [2.45, 2.75) is 9.79 Å². The van der Waals surface area contributed by atoms with Gasteiger partial charge in [0.2, 0.25) is 0 Å². The van der Waals surface area contributed by atoms with Crippen LogP contribution >= 0.6 is 11.6 Å². The Morgan fingerprint density at radius 3 is 1.93 bits per heavy atom. The minimum Gasteiger partial charge on any atom is -0.464 e. The van der Waals surface area contributed by atoms with Crippen molar-refractivity contribution in [2.24, 2.45) is 0 Å². The van der Waals surface area contributed by atoms with E-state index in [0.717, 1.165) is 6.07 Å². The monoisotopic (exact) mass is 440 g/mol. The van der Waals surface area contributed by atoms with Crippen molar-refractivity contribution in [3.05, 3.63) is 70.9 Å². The molecule has 0 saturated carbocycles. The highest BCUT2D eigenvalue weighted by atomic mass is 35.5. The Labute approximate surface area is 166 Å². The van der Waals surface area contributed by atoms with E-state index >= 15 is 0 Å². The van der Waals surface area contributed by atoms with Crippen LogP contribution in [0.5, 0.6) is 0 Å². The number of rotatable bonds is 5. The summed E-state index contributed by atoms with van der Waals surface area (Å²) in [6, 6.07) is 11.4. The molecule has 0 atom stereocenters. The molecule has 0 fully saturated rings. The maximum atomic E-state index is 11.8. The number of hydrogen-bond acceptors (Lipinski definition) is 5. The van der Waals surface area contributed by atoms with Crippen LogP contribution in [0.2, 0.25) is 5.02 Å². The van der Waals surface area contributed by atoms with E-state index in [1.165, 1.54) is 42.7 Å². The fraction of sp³-hybridized carbons (Fsp3) is 0. The maximum absolute atomic E-state index is 11.8. The predicted octanol–water partition coefficient (Wildman–Crippen LogP) is 4.26. The van der Waals surface area contributed by atoms with E-state index in [4.69, 9.17) is 16.0 Å². The lowest BCUT2D eigenvalue weighted by Crippen LogP contribution is -2.02. The van der Waals surface area contributed by atoms with Crippen molar-refractivity contribution in [1.82, 2.24) is 0 Å². The van der Waals surface area contributed by atoms with E-state index in [1.807, 2.05) is 0 Å². The quantitative estimate of drug-likeness (QED) is 0.448. The van der Waals surface area contributed by atoms with Gasteiger partial charge in [0.05, 0.1) is 6.26 Å². The van der Waals surface area contributed by atoms with Gasteiger partial charge in [-0.1, -0.05) is 42.0 Å². The Hall–Kier alpha value is -2.43. The molecule has 0 aliphatic carbocycles. The lowest BCUT2D eigenvalue weighted by Gasteiger charge is -2.07. The second-order valence-corrected chi connectivity index (χ2v) is 8.91. The molecule has 28 heavy (non-hydrogen) atoms. The van der Waals surface area contributed by atoms with Gasteiger partial charge in [0.25, 0.3) is 20.2 Å². The summed E-state index contributed by atoms with van der Waals surface area (Å²) in [6.07, 6.45) is 4.01. The van der Waals surface area contributed by atoms with Crippen LogP contribution in [0, 0.1) is 0 Å². The average Bonchev–Trinajstić information content (AvgIpc) is 3.13. The number of furan rings is 1. The predicted molar refractivity (Wildman–Crippen MR) is 104 cm³/mol. The molecule has 0 amide bonds. The molecule has 3 aromatic rings. The lowest BCUT2D eigenvalue weighted by molar-refractivity contribution is 0.480. The molecule has 1 aromatic heterocycles. The van der Waals surface area contributed by atoms with Crippen molar-refractivity contribution >= 4 is 44.0 Å². The van der Waals surface area contributed by atoms with Gasteiger partial charge in [-0.15, -0.1) is 0 Å². The molecule has 7 nitrogen and oxygen atoms in total. The van der Waals surface area contributed by atoms with E-state index in [1.54, 1.807) is 18.2 Å². The second-order valence-electron chi connectivity index (χ2n) is 5.70. The summed E-state index contributed by atoms with van der Waals surface area (Å²) >= 11 is 5.77. The van der Waals surface area contributed by atoms with E-state index in [2.05, 4.69) is 0 Å². The summed E-state index contributed by atoms with van der Waals surface area (Å²) in [4.78, 5) is -0.822. The highest BCUT2D eigenvalue weighted by Gasteiger charge is 2.18. The largest absolute Gasteiger partial charge is 0.464 e. The Morgan fingerprint density at radius 2 is 1.39 bits per heavy atom. The van der Waals surface area contributed by atoms with Gasteiger partial charge in [0.1, 0.15) is 15.6 Å². The summed E-state index contributed by atoms with van der Waals surface area (Å²) in [5.74, 6) is 0.409. The van der Waals surface area contributed by atoms with Gasteiger partial charge < -0.3 is 4.42 Å². The van der Waals surface area contributed by atoms with Crippen LogP contribution in [-0.4, -0.2) is 25.9 Å². The highest BCUT2D eigenvalue weighted by molar-refractivity contribution is 7.86. The first-order chi connectivity index (χ1) is 13.1. The molecule has 0 saturated heterocycles. The molecule has 0 aliphatic rings. The summed E-state index contributed by atoms with van der Waals surface area (Å²) in [7, 11) is -9.13. The first-order valence-corrected chi connectivity index (χ1v) is 10.9. The summed E-state index contributed by atoms with van der Waals surface area (Å²) in [5, 5.41) is 0.103. The second kappa shape index (κ2) is 7.53. The number of benzene rings is 2. The smallest absolute Gasteiger partial charge is 0.295 e. The topological polar surface area (TPSA) is 122 Å². The highest BCUT2D eigenvalue weighted by Crippen LogP contribution is 2.28. The molecule has 146 valence electrons. The van der Waals surface area contributed by atoms with Crippen LogP contribution in [0.15, 0.2) is 69.0 Å². The van der Waals surface area contributed by atoms with Gasteiger partial charge in [0, 0.05) is 10.6 Å². The molecule has 0 bridgehead atoms. The van der Waals surface area contributed by atoms with Crippen molar-refractivity contribution in [2.75, 3.05) is 0 Å². The zero-order chi connectivity index (χ0) is 20.5. The van der Waals surface area contributed by atoms with Crippen LogP contribution in [-0.2, 0) is 20.2 Å². The Balaban J connectivity index is 2.11. The minimum absolute atomic E-state index is 0.0864. The van der Waals surface area contributed by atoms with Crippen LogP contribution in [0.25, 0.3) is 23.5 Å². The normalized spacial score (nSPS) is 12.5. The van der Waals surface area contributed by atoms with Crippen molar-refractivity contribution in [3.8, 4) is 11.3 Å². The fourth-order valence-electron chi connectivity index (χ4n) is 2.54. The van der Waals surface area contributed by atoms with E-state index in [0.29, 0.717) is 11.3 Å². The third kappa shape index (κ3) is 4.51. The van der Waals surface area contributed by atoms with Crippen molar-refractivity contribution in [3.63, 3.8) is 0 Å². The molecule has 10 heteroatoms. The summed E-state index contributed by atoms with van der Waals surface area (Å²) in [6.45, 7) is 0. The van der Waals surface area contributed by atoms with Crippen LogP contribution in [0.1, 0.15) is 11.1 Å². The van der Waals surface area contributed by atoms with Gasteiger partial charge in [0.15, 0.2) is 0 Å². The van der Waals surface area contributed by atoms with Crippen LogP contribution in [0.4, 0.5) is 0 Å². The molecule has 0 unspecified atom stereocenters. The first kappa shape index (κ1) is 20.3. The Morgan fingerprint density at radius 1 is 0.821 bits per heavy atom. The maximum Gasteiger partial charge on any atom is 0.295 e. The van der Waals surface area contributed by atoms with Gasteiger partial charge in [-0.25, -0.2) is 0 Å². The van der Waals surface area contributed by atoms with Gasteiger partial charge >= 0.3 is 0 Å². The third-order valence-corrected chi connectivity index (χ3v) is 5.85. The third-order valence-electron chi connectivity index (χ3n) is 3.79. The SMILES string of the molecule is O=S(=O)(O)c1cc(Cl)ccc1C=Cc1ccc(-c2ccco2)cc1S(=O)(=O)O. The molecule has 2 N–H and O–H groups in total. The van der Waals surface area contributed by atoms with Crippen LogP contribution < -0.4 is 0 Å². The zero-order valence-electron chi connectivity index (χ0n) is 14.0. The molecular weight excluding hydrogens is 428 g/mol. The van der Waals surface area contributed by atoms with Crippen molar-refractivity contribution in [1.29, 1.82) is 0 Å².